The van der Waals surface area contributed by atoms with E-state index in [2.05, 4.69) is 10.3 Å². The van der Waals surface area contributed by atoms with Crippen LogP contribution in [-0.4, -0.2) is 86.4 Å². The molecule has 0 spiro atoms. The number of hydrogen-bond donors (Lipinski definition) is 2. The molecule has 260 valence electrons. The molecule has 2 saturated heterocycles. The minimum absolute atomic E-state index is 0.0706. The standard InChI is InChI=1S/C33H41N3O10S2/c1-20(2)14-36(48(39,40)25-8-9-29-30(13-25)45-19-44-29)15-28(37)27(35-33(38)46-31-17-43-32-26(31)10-11-41-32)12-22-4-6-24(7-5-22)42-16-23-18-47-21(3)34-23/h4-9,13,18,20,26-28,31-32,37H,10-12,14-17,19H2,1-3H3,(H,35,38)/t26-,27-,28+,31-,32+/m0/s1/i1D3,2D3,14D2,17D2,20D,31D. The largest absolute Gasteiger partial charge is 0.487 e. The fraction of sp³-hybridized carbons (Fsp3) is 0.515. The summed E-state index contributed by atoms with van der Waals surface area (Å²) in [6, 6.07) is 7.37. The molecular formula is C33H41N3O10S2. The van der Waals surface area contributed by atoms with E-state index in [0.717, 1.165) is 23.2 Å². The van der Waals surface area contributed by atoms with E-state index in [-0.39, 0.29) is 42.2 Å². The van der Waals surface area contributed by atoms with Crippen molar-refractivity contribution < 1.29 is 63.2 Å². The van der Waals surface area contributed by atoms with Crippen LogP contribution in [0.3, 0.4) is 0 Å². The Hall–Kier alpha value is -3.47. The lowest BCUT2D eigenvalue weighted by atomic mass is 10.0. The number of aliphatic hydroxyl groups is 1. The Morgan fingerprint density at radius 3 is 2.85 bits per heavy atom. The van der Waals surface area contributed by atoms with E-state index in [1.54, 1.807) is 0 Å². The predicted molar refractivity (Wildman–Crippen MR) is 174 cm³/mol. The molecule has 0 unspecified atom stereocenters. The van der Waals surface area contributed by atoms with Gasteiger partial charge in [0.25, 0.3) is 0 Å². The summed E-state index contributed by atoms with van der Waals surface area (Å²) >= 11 is 1.44. The maximum absolute atomic E-state index is 14.5. The van der Waals surface area contributed by atoms with E-state index < -0.39 is 97.1 Å². The Bertz CT molecular complexity index is 2150. The molecule has 2 fully saturated rings. The molecule has 2 aromatic carbocycles. The van der Waals surface area contributed by atoms with Gasteiger partial charge in [-0.2, -0.15) is 4.31 Å². The molecule has 5 atom stereocenters. The number of nitrogens with one attached hydrogen (secondary N) is 1. The van der Waals surface area contributed by atoms with Crippen molar-refractivity contribution in [2.24, 2.45) is 11.8 Å². The maximum Gasteiger partial charge on any atom is 0.407 e. The number of hydrogen-bond acceptors (Lipinski definition) is 12. The van der Waals surface area contributed by atoms with Gasteiger partial charge in [-0.1, -0.05) is 25.8 Å². The highest BCUT2D eigenvalue weighted by Gasteiger charge is 2.44. The van der Waals surface area contributed by atoms with Crippen molar-refractivity contribution in [1.29, 1.82) is 0 Å². The number of alkyl carbamates (subject to hydrolysis) is 1. The zero-order valence-corrected chi connectivity index (χ0v) is 27.1. The second kappa shape index (κ2) is 15.0. The molecular weight excluding hydrogens is 663 g/mol. The van der Waals surface area contributed by atoms with Crippen molar-refractivity contribution in [3.63, 3.8) is 0 Å². The molecule has 48 heavy (non-hydrogen) atoms. The summed E-state index contributed by atoms with van der Waals surface area (Å²) in [5.41, 5.74) is 1.02. The van der Waals surface area contributed by atoms with Gasteiger partial charge in [0.2, 0.25) is 16.8 Å². The first-order valence-corrected chi connectivity index (χ1v) is 17.1. The Kier molecular flexibility index (Phi) is 6.95. The lowest BCUT2D eigenvalue weighted by molar-refractivity contribution is -0.0907. The molecule has 3 aliphatic rings. The SMILES string of the molecule is [2H]C([2H])([2H])C([2H])(C([2H])([2H])[2H])C([2H])([2H])N(C[C@@H](O)[C@H](Cc1ccc(OCc2csc(C)n2)cc1)NC(=O)O[C@]1([2H])[C@@H]2CCO[C@@H]2OC1([2H])[2H])S(=O)(=O)c1ccc2c(c1)OCO2. The van der Waals surface area contributed by atoms with Gasteiger partial charge >= 0.3 is 6.09 Å². The summed E-state index contributed by atoms with van der Waals surface area (Å²) in [6.45, 7) is -14.8. The van der Waals surface area contributed by atoms with Gasteiger partial charge in [0.1, 0.15) is 18.4 Å². The molecule has 0 bridgehead atoms. The van der Waals surface area contributed by atoms with Gasteiger partial charge in [0.05, 0.1) is 50.9 Å². The number of aryl methyl sites for hydroxylation is 1. The van der Waals surface area contributed by atoms with E-state index in [9.17, 15) is 18.3 Å². The molecule has 13 nitrogen and oxygen atoms in total. The number of sulfonamides is 1. The van der Waals surface area contributed by atoms with E-state index in [0.29, 0.717) is 17.0 Å². The third-order valence-electron chi connectivity index (χ3n) is 7.58. The lowest BCUT2D eigenvalue weighted by Crippen LogP contribution is -2.51. The monoisotopic (exact) mass is 715 g/mol. The first-order valence-electron chi connectivity index (χ1n) is 20.7. The zero-order chi connectivity index (χ0) is 44.3. The molecule has 0 saturated carbocycles. The van der Waals surface area contributed by atoms with Crippen LogP contribution in [0.15, 0.2) is 52.7 Å². The van der Waals surface area contributed by atoms with E-state index in [1.807, 2.05) is 12.3 Å². The average molecular weight is 716 g/mol. The first-order chi connectivity index (χ1) is 27.7. The third kappa shape index (κ3) is 8.21. The molecule has 1 amide bonds. The van der Waals surface area contributed by atoms with Gasteiger partial charge in [-0.3, -0.25) is 0 Å². The van der Waals surface area contributed by atoms with Gasteiger partial charge in [0.15, 0.2) is 17.8 Å². The van der Waals surface area contributed by atoms with Crippen LogP contribution in [0.25, 0.3) is 0 Å². The van der Waals surface area contributed by atoms with Crippen LogP contribution >= 0.6 is 11.3 Å². The van der Waals surface area contributed by atoms with E-state index in [4.69, 9.17) is 44.9 Å². The van der Waals surface area contributed by atoms with Crippen molar-refractivity contribution in [1.82, 2.24) is 14.6 Å². The quantitative estimate of drug-likeness (QED) is 0.250. The van der Waals surface area contributed by atoms with Gasteiger partial charge in [0, 0.05) is 36.8 Å². The number of fused-ring (bicyclic) bond motifs is 2. The molecule has 15 heteroatoms. The van der Waals surface area contributed by atoms with Gasteiger partial charge in [-0.05, 0) is 55.5 Å². The molecule has 3 aliphatic heterocycles. The predicted octanol–water partition coefficient (Wildman–Crippen LogP) is 3.87. The van der Waals surface area contributed by atoms with Gasteiger partial charge in [-0.25, -0.2) is 18.2 Å². The normalized spacial score (nSPS) is 28.6. The molecule has 6 rings (SSSR count). The van der Waals surface area contributed by atoms with E-state index >= 15 is 0 Å². The Morgan fingerprint density at radius 1 is 1.27 bits per heavy atom. The zero-order valence-electron chi connectivity index (χ0n) is 37.5. The Balaban J connectivity index is 1.36. The summed E-state index contributed by atoms with van der Waals surface area (Å²) < 4.78 is 161. The molecule has 0 radical (unpaired) electrons. The van der Waals surface area contributed by atoms with Crippen LogP contribution in [0.4, 0.5) is 4.79 Å². The second-order valence-electron chi connectivity index (χ2n) is 11.0. The number of ether oxygens (including phenoxy) is 6. The van der Waals surface area contributed by atoms with Gasteiger partial charge in [-0.15, -0.1) is 11.3 Å². The fourth-order valence-electron chi connectivity index (χ4n) is 5.18. The van der Waals surface area contributed by atoms with Gasteiger partial charge < -0.3 is 38.8 Å². The number of aromatic nitrogens is 1. The first kappa shape index (κ1) is 22.3. The van der Waals surface area contributed by atoms with Crippen LogP contribution in [0.2, 0.25) is 0 Å². The number of carbonyl (C=O) groups is 1. The second-order valence-corrected chi connectivity index (χ2v) is 13.9. The van der Waals surface area contributed by atoms with Crippen molar-refractivity contribution in [2.45, 2.75) is 69.5 Å². The smallest absolute Gasteiger partial charge is 0.407 e. The number of amides is 1. The fourth-order valence-corrected chi connectivity index (χ4v) is 7.09. The molecule has 0 aliphatic carbocycles. The number of aliphatic hydroxyl groups excluding tert-OH is 1. The third-order valence-corrected chi connectivity index (χ3v) is 10.1. The van der Waals surface area contributed by atoms with Crippen molar-refractivity contribution in [3.05, 3.63) is 64.1 Å². The molecule has 3 aromatic rings. The highest BCUT2D eigenvalue weighted by Crippen LogP contribution is 2.35. The number of carbonyl (C=O) groups excluding carboxylic acids is 1. The number of thiazole rings is 1. The average Bonchev–Trinajstić information content (AvgIpc) is 3.94. The lowest BCUT2D eigenvalue weighted by Gasteiger charge is -2.31. The number of benzene rings is 2. The summed E-state index contributed by atoms with van der Waals surface area (Å²) in [5, 5.41) is 16.9. The highest BCUT2D eigenvalue weighted by atomic mass is 32.2. The van der Waals surface area contributed by atoms with Crippen LogP contribution in [-0.2, 0) is 37.3 Å². The van der Waals surface area contributed by atoms with Crippen molar-refractivity contribution in [2.75, 3.05) is 33.0 Å². The van der Waals surface area contributed by atoms with E-state index in [1.165, 1.54) is 35.6 Å². The topological polar surface area (TPSA) is 155 Å². The summed E-state index contributed by atoms with van der Waals surface area (Å²) in [5.74, 6) is -4.90. The minimum atomic E-state index is -5.43. The minimum Gasteiger partial charge on any atom is -0.487 e. The Morgan fingerprint density at radius 2 is 2.08 bits per heavy atom. The summed E-state index contributed by atoms with van der Waals surface area (Å²) in [6.07, 6.45) is -7.99. The molecule has 4 heterocycles. The molecule has 1 aromatic heterocycles. The van der Waals surface area contributed by atoms with Crippen LogP contribution < -0.4 is 19.5 Å². The number of nitrogens with zero attached hydrogens (tertiary/aromatic N) is 2. The summed E-state index contributed by atoms with van der Waals surface area (Å²) in [7, 11) is -5.43. The number of rotatable bonds is 14. The Labute approximate surface area is 301 Å². The summed E-state index contributed by atoms with van der Waals surface area (Å²) in [4.78, 5) is 17.2. The van der Waals surface area contributed by atoms with Crippen LogP contribution in [0.1, 0.15) is 52.8 Å². The van der Waals surface area contributed by atoms with Crippen LogP contribution in [0.5, 0.6) is 17.2 Å². The van der Waals surface area contributed by atoms with Crippen molar-refractivity contribution >= 4 is 27.5 Å². The van der Waals surface area contributed by atoms with Crippen molar-refractivity contribution in [3.8, 4) is 17.2 Å². The maximum atomic E-state index is 14.5. The molecule has 2 N–H and O–H groups in total. The van der Waals surface area contributed by atoms with Crippen LogP contribution in [0, 0.1) is 18.7 Å². The highest BCUT2D eigenvalue weighted by molar-refractivity contribution is 7.89.